The van der Waals surface area contributed by atoms with Gasteiger partial charge in [-0.3, -0.25) is 37.3 Å². The number of aliphatic hydroxyl groups is 1. The van der Waals surface area contributed by atoms with Crippen LogP contribution in [0.2, 0.25) is 0 Å². The van der Waals surface area contributed by atoms with Gasteiger partial charge in [-0.2, -0.15) is 0 Å². The largest absolute Gasteiger partial charge is 0.472 e. The molecule has 0 rings (SSSR count). The number of hydrogen-bond donors (Lipinski definition) is 3. The first kappa shape index (κ1) is 80.1. The number of rotatable bonds is 61. The van der Waals surface area contributed by atoms with Crippen LogP contribution in [0.15, 0.2) is 0 Å². The van der Waals surface area contributed by atoms with E-state index >= 15 is 0 Å². The van der Waals surface area contributed by atoms with Crippen molar-refractivity contribution in [1.29, 1.82) is 0 Å². The van der Waals surface area contributed by atoms with E-state index in [9.17, 15) is 43.2 Å². The van der Waals surface area contributed by atoms with E-state index in [0.29, 0.717) is 43.4 Å². The molecule has 0 fully saturated rings. The maximum absolute atomic E-state index is 13.0. The Balaban J connectivity index is 5.23. The second-order valence-electron chi connectivity index (χ2n) is 24.2. The summed E-state index contributed by atoms with van der Waals surface area (Å²) in [5.41, 5.74) is 0. The van der Waals surface area contributed by atoms with Crippen LogP contribution in [0.25, 0.3) is 0 Å². The Labute approximate surface area is 498 Å². The van der Waals surface area contributed by atoms with Crippen LogP contribution in [0.3, 0.4) is 0 Å². The fraction of sp³-hybridized carbons (Fsp3) is 0.937. The molecule has 0 aromatic carbocycles. The van der Waals surface area contributed by atoms with E-state index in [1.54, 1.807) is 0 Å². The maximum Gasteiger partial charge on any atom is 0.472 e. The smallest absolute Gasteiger partial charge is 0.462 e. The number of carbonyl (C=O) groups excluding carboxylic acids is 4. The van der Waals surface area contributed by atoms with E-state index in [4.69, 9.17) is 37.0 Å². The van der Waals surface area contributed by atoms with E-state index in [1.165, 1.54) is 103 Å². The van der Waals surface area contributed by atoms with Gasteiger partial charge in [-0.05, 0) is 43.4 Å². The Bertz CT molecular complexity index is 1630. The number of phosphoric ester groups is 2. The SMILES string of the molecule is CCCCCCCCCCCCCCCCC(=O)O[C@H](COC(=O)CCCCCCCCCC(C)C)COP(=O)(O)OC[C@@H](O)COP(=O)(O)OC[C@@H](COC(=O)CCCCCCCCC(C)C)OC(=O)CCCCCCCCC(C)C. The Hall–Kier alpha value is -1.94. The predicted molar refractivity (Wildman–Crippen MR) is 326 cm³/mol. The van der Waals surface area contributed by atoms with Crippen molar-refractivity contribution in [2.75, 3.05) is 39.6 Å². The number of ether oxygens (including phenoxy) is 4. The molecule has 17 nitrogen and oxygen atoms in total. The van der Waals surface area contributed by atoms with E-state index in [2.05, 4.69) is 48.5 Å². The van der Waals surface area contributed by atoms with Crippen LogP contribution in [-0.2, 0) is 65.4 Å². The molecule has 2 unspecified atom stereocenters. The lowest BCUT2D eigenvalue weighted by molar-refractivity contribution is -0.161. The number of phosphoric acid groups is 2. The lowest BCUT2D eigenvalue weighted by Gasteiger charge is -2.21. The van der Waals surface area contributed by atoms with E-state index in [1.807, 2.05) is 0 Å². The second-order valence-corrected chi connectivity index (χ2v) is 27.1. The van der Waals surface area contributed by atoms with Gasteiger partial charge in [0.15, 0.2) is 12.2 Å². The minimum atomic E-state index is -4.94. The average molecular weight is 1210 g/mol. The standard InChI is InChI=1S/C63H122O17P2/c1-8-9-10-11-12-13-14-15-16-17-18-21-32-39-46-62(67)79-58(50-73-60(65)44-37-30-22-19-20-27-34-41-54(2)3)52-77-81(69,70)75-48-57(64)49-76-82(71,72)78-53-59(80-63(68)47-40-33-26-24-29-36-43-56(6)7)51-74-61(66)45-38-31-25-23-28-35-42-55(4)5/h54-59,64H,8-53H2,1-7H3,(H,69,70)(H,71,72)/t57-,58-,59-/m1/s1. The van der Waals surface area contributed by atoms with Gasteiger partial charge in [0.1, 0.15) is 19.3 Å². The van der Waals surface area contributed by atoms with Crippen molar-refractivity contribution in [3.63, 3.8) is 0 Å². The molecule has 0 aromatic rings. The highest BCUT2D eigenvalue weighted by Gasteiger charge is 2.30. The van der Waals surface area contributed by atoms with E-state index in [0.717, 1.165) is 103 Å². The van der Waals surface area contributed by atoms with Gasteiger partial charge in [0, 0.05) is 25.7 Å². The third kappa shape index (κ3) is 57.2. The molecular formula is C63H122O17P2. The molecular weight excluding hydrogens is 1090 g/mol. The summed E-state index contributed by atoms with van der Waals surface area (Å²) in [4.78, 5) is 72.1. The summed E-state index contributed by atoms with van der Waals surface area (Å²) in [6, 6.07) is 0. The zero-order valence-electron chi connectivity index (χ0n) is 52.9. The molecule has 3 N–H and O–H groups in total. The zero-order chi connectivity index (χ0) is 61.0. The Kier molecular flexibility index (Phi) is 53.2. The molecule has 5 atom stereocenters. The fourth-order valence-electron chi connectivity index (χ4n) is 9.30. The molecule has 0 radical (unpaired) electrons. The van der Waals surface area contributed by atoms with Gasteiger partial charge in [-0.25, -0.2) is 9.13 Å². The van der Waals surface area contributed by atoms with Gasteiger partial charge < -0.3 is 33.8 Å². The predicted octanol–water partition coefficient (Wildman–Crippen LogP) is 17.1. The van der Waals surface area contributed by atoms with Gasteiger partial charge >= 0.3 is 39.5 Å². The molecule has 0 saturated heterocycles. The fourth-order valence-corrected chi connectivity index (χ4v) is 10.9. The van der Waals surface area contributed by atoms with Crippen molar-refractivity contribution in [2.45, 2.75) is 324 Å². The summed E-state index contributed by atoms with van der Waals surface area (Å²) in [5, 5.41) is 10.5. The van der Waals surface area contributed by atoms with Gasteiger partial charge in [0.2, 0.25) is 0 Å². The molecule has 0 saturated carbocycles. The van der Waals surface area contributed by atoms with Gasteiger partial charge in [0.25, 0.3) is 0 Å². The van der Waals surface area contributed by atoms with Crippen LogP contribution >= 0.6 is 15.6 Å². The molecule has 0 aliphatic heterocycles. The number of hydrogen-bond acceptors (Lipinski definition) is 15. The lowest BCUT2D eigenvalue weighted by Crippen LogP contribution is -2.30. The molecule has 0 amide bonds. The maximum atomic E-state index is 13.0. The summed E-state index contributed by atoms with van der Waals surface area (Å²) >= 11 is 0. The van der Waals surface area contributed by atoms with Crippen molar-refractivity contribution >= 4 is 39.5 Å². The van der Waals surface area contributed by atoms with Gasteiger partial charge in [-0.15, -0.1) is 0 Å². The summed E-state index contributed by atoms with van der Waals surface area (Å²) < 4.78 is 67.9. The van der Waals surface area contributed by atoms with Crippen molar-refractivity contribution in [2.24, 2.45) is 17.8 Å². The molecule has 486 valence electrons. The van der Waals surface area contributed by atoms with Crippen molar-refractivity contribution in [3.05, 3.63) is 0 Å². The zero-order valence-corrected chi connectivity index (χ0v) is 54.7. The number of aliphatic hydroxyl groups excluding tert-OH is 1. The summed E-state index contributed by atoms with van der Waals surface area (Å²) in [6.45, 7) is 11.6. The Morgan fingerprint density at radius 2 is 0.561 bits per heavy atom. The molecule has 0 spiro atoms. The number of esters is 4. The molecule has 0 aliphatic carbocycles. The van der Waals surface area contributed by atoms with Crippen molar-refractivity contribution in [1.82, 2.24) is 0 Å². The third-order valence-corrected chi connectivity index (χ3v) is 16.3. The molecule has 0 heterocycles. The topological polar surface area (TPSA) is 237 Å². The minimum absolute atomic E-state index is 0.101. The van der Waals surface area contributed by atoms with Crippen LogP contribution < -0.4 is 0 Å². The summed E-state index contributed by atoms with van der Waals surface area (Å²) in [7, 11) is -9.88. The van der Waals surface area contributed by atoms with Gasteiger partial charge in [0.05, 0.1) is 26.4 Å². The molecule has 0 aliphatic rings. The van der Waals surface area contributed by atoms with Crippen LogP contribution in [0.1, 0.15) is 305 Å². The van der Waals surface area contributed by atoms with Crippen LogP contribution in [-0.4, -0.2) is 96.7 Å². The first-order chi connectivity index (χ1) is 39.2. The molecule has 19 heteroatoms. The van der Waals surface area contributed by atoms with Crippen LogP contribution in [0, 0.1) is 17.8 Å². The normalized spacial score (nSPS) is 14.4. The molecule has 82 heavy (non-hydrogen) atoms. The highest BCUT2D eigenvalue weighted by Crippen LogP contribution is 2.45. The third-order valence-electron chi connectivity index (χ3n) is 14.4. The monoisotopic (exact) mass is 1210 g/mol. The highest BCUT2D eigenvalue weighted by atomic mass is 31.2. The van der Waals surface area contributed by atoms with Crippen molar-refractivity contribution in [3.8, 4) is 0 Å². The van der Waals surface area contributed by atoms with E-state index in [-0.39, 0.29) is 25.7 Å². The Morgan fingerprint density at radius 3 is 0.829 bits per heavy atom. The minimum Gasteiger partial charge on any atom is -0.462 e. The molecule has 0 aromatic heterocycles. The van der Waals surface area contributed by atoms with Crippen molar-refractivity contribution < 1.29 is 80.2 Å². The van der Waals surface area contributed by atoms with Crippen LogP contribution in [0.5, 0.6) is 0 Å². The summed E-state index contributed by atoms with van der Waals surface area (Å²) in [5.74, 6) is -0.0889. The second kappa shape index (κ2) is 54.5. The van der Waals surface area contributed by atoms with Crippen LogP contribution in [0.4, 0.5) is 0 Å². The number of unbranched alkanes of at least 4 members (excludes halogenated alkanes) is 29. The highest BCUT2D eigenvalue weighted by molar-refractivity contribution is 7.47. The number of carbonyl (C=O) groups is 4. The van der Waals surface area contributed by atoms with E-state index < -0.39 is 97.5 Å². The first-order valence-corrected chi connectivity index (χ1v) is 35.8. The quantitative estimate of drug-likeness (QED) is 0.0222. The first-order valence-electron chi connectivity index (χ1n) is 32.8. The lowest BCUT2D eigenvalue weighted by atomic mass is 10.0. The van der Waals surface area contributed by atoms with Gasteiger partial charge in [-0.1, -0.05) is 254 Å². The average Bonchev–Trinajstić information content (AvgIpc) is 3.42. The Morgan fingerprint density at radius 1 is 0.329 bits per heavy atom. The summed E-state index contributed by atoms with van der Waals surface area (Å²) in [6.07, 6.45) is 35.2. The molecule has 0 bridgehead atoms.